The summed E-state index contributed by atoms with van der Waals surface area (Å²) in [5, 5.41) is 5.67. The molecule has 0 spiro atoms. The molecular weight excluding hydrogens is 354 g/mol. The molecular formula is C22H21N3OS. The van der Waals surface area contributed by atoms with Gasteiger partial charge in [-0.1, -0.05) is 42.0 Å². The Morgan fingerprint density at radius 1 is 1.07 bits per heavy atom. The third kappa shape index (κ3) is 3.70. The normalized spacial score (nSPS) is 12.4. The smallest absolute Gasteiger partial charge is 0.258 e. The van der Waals surface area contributed by atoms with Gasteiger partial charge in [-0.2, -0.15) is 0 Å². The second-order valence-electron chi connectivity index (χ2n) is 6.69. The molecule has 3 heterocycles. The molecule has 0 saturated carbocycles. The lowest BCUT2D eigenvalue weighted by molar-refractivity contribution is 0.603. The number of aryl methyl sites for hydroxylation is 2. The Hall–Kier alpha value is -2.76. The van der Waals surface area contributed by atoms with Gasteiger partial charge in [-0.3, -0.25) is 14.5 Å². The Morgan fingerprint density at radius 3 is 2.63 bits per heavy atom. The number of fused-ring (bicyclic) bond motifs is 1. The van der Waals surface area contributed by atoms with Crippen LogP contribution in [0.5, 0.6) is 0 Å². The summed E-state index contributed by atoms with van der Waals surface area (Å²) in [5.41, 5.74) is 4.72. The highest BCUT2D eigenvalue weighted by atomic mass is 32.1. The minimum absolute atomic E-state index is 0.0436. The molecule has 0 fully saturated rings. The van der Waals surface area contributed by atoms with E-state index >= 15 is 0 Å². The van der Waals surface area contributed by atoms with E-state index < -0.39 is 0 Å². The third-order valence-corrected chi connectivity index (χ3v) is 5.60. The molecule has 1 aromatic carbocycles. The quantitative estimate of drug-likeness (QED) is 0.567. The van der Waals surface area contributed by atoms with Crippen molar-refractivity contribution < 1.29 is 0 Å². The van der Waals surface area contributed by atoms with E-state index in [0.717, 1.165) is 11.4 Å². The van der Waals surface area contributed by atoms with Gasteiger partial charge in [0, 0.05) is 23.2 Å². The lowest BCUT2D eigenvalue weighted by atomic mass is 10.0. The number of nitrogens with one attached hydrogen (secondary N) is 1. The zero-order valence-corrected chi connectivity index (χ0v) is 16.2. The maximum absolute atomic E-state index is 12.5. The zero-order valence-electron chi connectivity index (χ0n) is 15.3. The predicted molar refractivity (Wildman–Crippen MR) is 110 cm³/mol. The van der Waals surface area contributed by atoms with E-state index in [2.05, 4.69) is 59.0 Å². The van der Waals surface area contributed by atoms with Gasteiger partial charge in [-0.15, -0.1) is 11.3 Å². The van der Waals surface area contributed by atoms with Crippen LogP contribution in [0.25, 0.3) is 5.65 Å². The lowest BCUT2D eigenvalue weighted by Gasteiger charge is -2.18. The van der Waals surface area contributed by atoms with Crippen molar-refractivity contribution in [3.63, 3.8) is 0 Å². The monoisotopic (exact) mass is 375 g/mol. The molecule has 27 heavy (non-hydrogen) atoms. The Morgan fingerprint density at radius 2 is 1.89 bits per heavy atom. The van der Waals surface area contributed by atoms with Crippen molar-refractivity contribution in [1.29, 1.82) is 0 Å². The second-order valence-corrected chi connectivity index (χ2v) is 7.67. The van der Waals surface area contributed by atoms with Crippen molar-refractivity contribution in [3.8, 4) is 0 Å². The molecule has 4 nitrogen and oxygen atoms in total. The molecule has 0 unspecified atom stereocenters. The van der Waals surface area contributed by atoms with E-state index in [1.54, 1.807) is 21.8 Å². The Bertz CT molecular complexity index is 1110. The van der Waals surface area contributed by atoms with E-state index in [9.17, 15) is 4.79 Å². The number of benzene rings is 1. The molecule has 5 heteroatoms. The molecule has 4 rings (SSSR count). The number of aromatic nitrogens is 2. The standard InChI is InChI=1S/C22H21N3OS/c1-15-8-10-17(11-9-15)22(19-6-4-12-27-19)23-14-18-13-21(26)25-16(2)5-3-7-20(25)24-18/h3-13,22-23H,14H2,1-2H3/t22-/m1/s1. The van der Waals surface area contributed by atoms with Crippen LogP contribution < -0.4 is 10.9 Å². The fraction of sp³-hybridized carbons (Fsp3) is 0.182. The van der Waals surface area contributed by atoms with Gasteiger partial charge in [0.15, 0.2) is 0 Å². The number of hydrogen-bond donors (Lipinski definition) is 1. The molecule has 0 bridgehead atoms. The van der Waals surface area contributed by atoms with Gasteiger partial charge in [0.25, 0.3) is 5.56 Å². The minimum Gasteiger partial charge on any atom is -0.300 e. The summed E-state index contributed by atoms with van der Waals surface area (Å²) in [7, 11) is 0. The molecule has 1 N–H and O–H groups in total. The lowest BCUT2D eigenvalue weighted by Crippen LogP contribution is -2.24. The Balaban J connectivity index is 1.64. The van der Waals surface area contributed by atoms with Gasteiger partial charge in [0.05, 0.1) is 11.7 Å². The summed E-state index contributed by atoms with van der Waals surface area (Å²) in [4.78, 5) is 18.4. The highest BCUT2D eigenvalue weighted by Crippen LogP contribution is 2.26. The maximum Gasteiger partial charge on any atom is 0.258 e. The van der Waals surface area contributed by atoms with Crippen molar-refractivity contribution in [1.82, 2.24) is 14.7 Å². The van der Waals surface area contributed by atoms with Crippen molar-refractivity contribution in [2.75, 3.05) is 0 Å². The average molecular weight is 375 g/mol. The van der Waals surface area contributed by atoms with Gasteiger partial charge in [0.2, 0.25) is 0 Å². The fourth-order valence-corrected chi connectivity index (χ4v) is 4.08. The summed E-state index contributed by atoms with van der Waals surface area (Å²) in [6, 6.07) is 20.2. The predicted octanol–water partition coefficient (Wildman–Crippen LogP) is 4.25. The van der Waals surface area contributed by atoms with Gasteiger partial charge in [-0.25, -0.2) is 4.98 Å². The van der Waals surface area contributed by atoms with Crippen molar-refractivity contribution >= 4 is 17.0 Å². The first-order valence-corrected chi connectivity index (χ1v) is 9.81. The number of nitrogens with zero attached hydrogens (tertiary/aromatic N) is 2. The Kier molecular flexibility index (Phi) is 4.88. The summed E-state index contributed by atoms with van der Waals surface area (Å²) >= 11 is 1.72. The van der Waals surface area contributed by atoms with Crippen LogP contribution in [0.1, 0.15) is 33.4 Å². The van der Waals surface area contributed by atoms with Crippen LogP contribution in [0.2, 0.25) is 0 Å². The van der Waals surface area contributed by atoms with Gasteiger partial charge < -0.3 is 0 Å². The molecule has 0 radical (unpaired) electrons. The summed E-state index contributed by atoms with van der Waals surface area (Å²) in [6.07, 6.45) is 0. The van der Waals surface area contributed by atoms with Crippen LogP contribution in [0, 0.1) is 13.8 Å². The van der Waals surface area contributed by atoms with E-state index in [1.807, 2.05) is 25.1 Å². The molecule has 0 aliphatic heterocycles. The SMILES string of the molecule is Cc1ccc([C@@H](NCc2cc(=O)n3c(C)cccc3n2)c2cccs2)cc1. The van der Waals surface area contributed by atoms with Crippen molar-refractivity contribution in [2.24, 2.45) is 0 Å². The molecule has 0 aliphatic carbocycles. The summed E-state index contributed by atoms with van der Waals surface area (Å²) < 4.78 is 1.64. The average Bonchev–Trinajstić information content (AvgIpc) is 3.17. The minimum atomic E-state index is -0.0436. The largest absolute Gasteiger partial charge is 0.300 e. The number of thiophene rings is 1. The summed E-state index contributed by atoms with van der Waals surface area (Å²) in [6.45, 7) is 4.53. The van der Waals surface area contributed by atoms with Crippen LogP contribution in [0.3, 0.4) is 0 Å². The molecule has 0 saturated heterocycles. The highest BCUT2D eigenvalue weighted by molar-refractivity contribution is 7.10. The van der Waals surface area contributed by atoms with Gasteiger partial charge in [-0.05, 0) is 43.0 Å². The highest BCUT2D eigenvalue weighted by Gasteiger charge is 2.15. The van der Waals surface area contributed by atoms with Crippen LogP contribution in [0.4, 0.5) is 0 Å². The first-order valence-electron chi connectivity index (χ1n) is 8.93. The van der Waals surface area contributed by atoms with Gasteiger partial charge >= 0.3 is 0 Å². The van der Waals surface area contributed by atoms with Crippen molar-refractivity contribution in [2.45, 2.75) is 26.4 Å². The topological polar surface area (TPSA) is 46.4 Å². The Labute approximate surface area is 162 Å². The van der Waals surface area contributed by atoms with Crippen LogP contribution in [-0.2, 0) is 6.54 Å². The molecule has 3 aromatic heterocycles. The maximum atomic E-state index is 12.5. The molecule has 0 aliphatic rings. The van der Waals surface area contributed by atoms with Crippen molar-refractivity contribution in [3.05, 3.63) is 104 Å². The number of pyridine rings is 1. The van der Waals surface area contributed by atoms with Crippen LogP contribution in [-0.4, -0.2) is 9.38 Å². The van der Waals surface area contributed by atoms with E-state index in [0.29, 0.717) is 12.2 Å². The van der Waals surface area contributed by atoms with E-state index in [4.69, 9.17) is 0 Å². The van der Waals surface area contributed by atoms with Crippen LogP contribution in [0.15, 0.2) is 70.8 Å². The zero-order chi connectivity index (χ0) is 18.8. The molecule has 136 valence electrons. The third-order valence-electron chi connectivity index (χ3n) is 4.66. The first kappa shape index (κ1) is 17.6. The first-order chi connectivity index (χ1) is 13.1. The van der Waals surface area contributed by atoms with Crippen LogP contribution >= 0.6 is 11.3 Å². The molecule has 1 atom stereocenters. The molecule has 4 aromatic rings. The fourth-order valence-electron chi connectivity index (χ4n) is 3.26. The summed E-state index contributed by atoms with van der Waals surface area (Å²) in [5.74, 6) is 0. The van der Waals surface area contributed by atoms with E-state index in [-0.39, 0.29) is 11.6 Å². The number of hydrogen-bond acceptors (Lipinski definition) is 4. The van der Waals surface area contributed by atoms with Gasteiger partial charge in [0.1, 0.15) is 5.65 Å². The molecule has 0 amide bonds. The number of rotatable bonds is 5. The second kappa shape index (κ2) is 7.47. The van der Waals surface area contributed by atoms with E-state index in [1.165, 1.54) is 16.0 Å².